The minimum atomic E-state index is 0.139. The molecular formula is C29H48N2OS2. The first-order valence-electron chi connectivity index (χ1n) is 13.4. The summed E-state index contributed by atoms with van der Waals surface area (Å²) in [6, 6.07) is 7.25. The molecule has 1 aromatic rings. The first-order valence-corrected chi connectivity index (χ1v) is 15.3. The van der Waals surface area contributed by atoms with E-state index in [0.29, 0.717) is 16.3 Å². The number of likely N-dealkylation sites (tertiary alicyclic amines) is 1. The average molecular weight is 505 g/mol. The van der Waals surface area contributed by atoms with E-state index in [1.165, 1.54) is 61.0 Å². The summed E-state index contributed by atoms with van der Waals surface area (Å²) in [5.41, 5.74) is 3.13. The average Bonchev–Trinajstić information content (AvgIpc) is 2.77. The van der Waals surface area contributed by atoms with Gasteiger partial charge in [-0.05, 0) is 66.7 Å². The summed E-state index contributed by atoms with van der Waals surface area (Å²) in [6.45, 7) is 18.2. The van der Waals surface area contributed by atoms with Gasteiger partial charge in [0.2, 0.25) is 5.91 Å². The van der Waals surface area contributed by atoms with Crippen LogP contribution in [0.1, 0.15) is 105 Å². The summed E-state index contributed by atoms with van der Waals surface area (Å²) in [6.07, 6.45) is 9.05. The van der Waals surface area contributed by atoms with Crippen LogP contribution in [-0.4, -0.2) is 46.3 Å². The number of hydrogen-bond acceptors (Lipinski definition) is 4. The van der Waals surface area contributed by atoms with Gasteiger partial charge in [-0.2, -0.15) is 0 Å². The van der Waals surface area contributed by atoms with Crippen LogP contribution in [0, 0.1) is 0 Å². The third-order valence-corrected chi connectivity index (χ3v) is 10.3. The van der Waals surface area contributed by atoms with Crippen LogP contribution in [0.3, 0.4) is 0 Å². The highest BCUT2D eigenvalue weighted by atomic mass is 32.2. The lowest BCUT2D eigenvalue weighted by Crippen LogP contribution is -2.48. The Balaban J connectivity index is 1.63. The maximum absolute atomic E-state index is 12.7. The van der Waals surface area contributed by atoms with Gasteiger partial charge >= 0.3 is 0 Å². The number of benzene rings is 1. The Labute approximate surface area is 218 Å². The molecule has 0 bridgehead atoms. The van der Waals surface area contributed by atoms with Gasteiger partial charge in [-0.1, -0.05) is 66.9 Å². The van der Waals surface area contributed by atoms with Crippen LogP contribution in [0.2, 0.25) is 0 Å². The van der Waals surface area contributed by atoms with E-state index in [4.69, 9.17) is 0 Å². The van der Waals surface area contributed by atoms with Crippen LogP contribution in [0.5, 0.6) is 0 Å². The molecular weight excluding hydrogens is 456 g/mol. The van der Waals surface area contributed by atoms with E-state index in [1.54, 1.807) is 0 Å². The number of nitrogens with one attached hydrogen (secondary N) is 1. The molecule has 3 rings (SSSR count). The number of carbonyl (C=O) groups excluding carboxylic acids is 1. The van der Waals surface area contributed by atoms with E-state index in [0.717, 1.165) is 13.1 Å². The lowest BCUT2D eigenvalue weighted by atomic mass is 9.81. The monoisotopic (exact) mass is 504 g/mol. The van der Waals surface area contributed by atoms with Crippen molar-refractivity contribution in [2.24, 2.45) is 0 Å². The molecule has 1 saturated carbocycles. The molecule has 192 valence electrons. The fourth-order valence-electron chi connectivity index (χ4n) is 4.95. The zero-order valence-corrected chi connectivity index (χ0v) is 24.3. The van der Waals surface area contributed by atoms with E-state index in [1.807, 2.05) is 11.8 Å². The normalized spacial score (nSPS) is 23.5. The van der Waals surface area contributed by atoms with Crippen LogP contribution < -0.4 is 5.32 Å². The summed E-state index contributed by atoms with van der Waals surface area (Å²) in [7, 11) is 0. The van der Waals surface area contributed by atoms with Gasteiger partial charge in [-0.3, -0.25) is 9.69 Å². The van der Waals surface area contributed by atoms with E-state index in [-0.39, 0.29) is 22.9 Å². The topological polar surface area (TPSA) is 32.3 Å². The summed E-state index contributed by atoms with van der Waals surface area (Å²) < 4.78 is 0. The summed E-state index contributed by atoms with van der Waals surface area (Å²) in [5.74, 6) is 0.775. The minimum absolute atomic E-state index is 0.139. The zero-order valence-electron chi connectivity index (χ0n) is 22.7. The number of amides is 1. The summed E-state index contributed by atoms with van der Waals surface area (Å²) in [5, 5.41) is 4.39. The zero-order chi connectivity index (χ0) is 24.9. The third kappa shape index (κ3) is 8.20. The summed E-state index contributed by atoms with van der Waals surface area (Å²) >= 11 is 3.95. The molecule has 1 unspecified atom stereocenters. The van der Waals surface area contributed by atoms with Gasteiger partial charge in [-0.15, -0.1) is 23.5 Å². The Hall–Kier alpha value is -0.650. The first-order chi connectivity index (χ1) is 15.9. The lowest BCUT2D eigenvalue weighted by molar-refractivity contribution is -0.120. The molecule has 5 heteroatoms. The minimum Gasteiger partial charge on any atom is -0.340 e. The van der Waals surface area contributed by atoms with Gasteiger partial charge in [0.25, 0.3) is 0 Å². The van der Waals surface area contributed by atoms with Crippen LogP contribution in [-0.2, 0) is 15.6 Å². The lowest BCUT2D eigenvalue weighted by Gasteiger charge is -2.33. The van der Waals surface area contributed by atoms with Gasteiger partial charge in [0.15, 0.2) is 0 Å². The van der Waals surface area contributed by atoms with Crippen LogP contribution in [0.15, 0.2) is 23.1 Å². The molecule has 1 saturated heterocycles. The molecule has 1 heterocycles. The molecule has 1 N–H and O–H groups in total. The molecule has 0 radical (unpaired) electrons. The second-order valence-corrected chi connectivity index (χ2v) is 14.9. The Kier molecular flexibility index (Phi) is 9.91. The standard InChI is InChI=1S/C29H48N2OS2/c1-21(31-15-11-8-12-16-31)30-27(32)20-33-25-13-9-10-14-26(25)34-24-18-22(28(2,3)4)17-23(19-24)29(5,6)7/h17-19,21,25-26H,8-16,20H2,1-7H3,(H,30,32)/t21?,25-,26-/m1/s1. The van der Waals surface area contributed by atoms with Gasteiger partial charge in [0.05, 0.1) is 11.9 Å². The predicted octanol–water partition coefficient (Wildman–Crippen LogP) is 7.37. The van der Waals surface area contributed by atoms with Crippen molar-refractivity contribution >= 4 is 29.4 Å². The van der Waals surface area contributed by atoms with E-state index in [2.05, 4.69) is 88.6 Å². The molecule has 2 aliphatic rings. The number of rotatable bonds is 7. The van der Waals surface area contributed by atoms with Crippen molar-refractivity contribution in [2.45, 2.75) is 126 Å². The maximum atomic E-state index is 12.7. The van der Waals surface area contributed by atoms with Crippen molar-refractivity contribution in [3.63, 3.8) is 0 Å². The highest BCUT2D eigenvalue weighted by molar-refractivity contribution is 8.04. The maximum Gasteiger partial charge on any atom is 0.231 e. The van der Waals surface area contributed by atoms with Crippen LogP contribution in [0.25, 0.3) is 0 Å². The van der Waals surface area contributed by atoms with Gasteiger partial charge in [0, 0.05) is 28.5 Å². The Bertz CT molecular complexity index is 773. The van der Waals surface area contributed by atoms with Crippen molar-refractivity contribution in [1.29, 1.82) is 0 Å². The molecule has 0 aromatic heterocycles. The molecule has 1 amide bonds. The van der Waals surface area contributed by atoms with Gasteiger partial charge < -0.3 is 5.32 Å². The molecule has 1 aromatic carbocycles. The SMILES string of the molecule is CC(NC(=O)CS[C@@H]1CCCC[C@H]1Sc1cc(C(C)(C)C)cc(C(C)(C)C)c1)N1CCCCC1. The first kappa shape index (κ1) is 27.9. The number of carbonyl (C=O) groups is 1. The van der Waals surface area contributed by atoms with E-state index in [9.17, 15) is 4.79 Å². The quantitative estimate of drug-likeness (QED) is 0.420. The van der Waals surface area contributed by atoms with E-state index < -0.39 is 0 Å². The molecule has 3 atom stereocenters. The Morgan fingerprint density at radius 3 is 2.03 bits per heavy atom. The van der Waals surface area contributed by atoms with Gasteiger partial charge in [0.1, 0.15) is 0 Å². The highest BCUT2D eigenvalue weighted by Crippen LogP contribution is 2.42. The second-order valence-electron chi connectivity index (χ2n) is 12.4. The smallest absolute Gasteiger partial charge is 0.231 e. The van der Waals surface area contributed by atoms with Crippen molar-refractivity contribution in [1.82, 2.24) is 10.2 Å². The fraction of sp³-hybridized carbons (Fsp3) is 0.759. The Morgan fingerprint density at radius 2 is 1.47 bits per heavy atom. The Morgan fingerprint density at radius 1 is 0.912 bits per heavy atom. The predicted molar refractivity (Wildman–Crippen MR) is 151 cm³/mol. The molecule has 1 aliphatic carbocycles. The van der Waals surface area contributed by atoms with Crippen molar-refractivity contribution in [3.05, 3.63) is 29.3 Å². The van der Waals surface area contributed by atoms with Crippen molar-refractivity contribution in [3.8, 4) is 0 Å². The van der Waals surface area contributed by atoms with Gasteiger partial charge in [-0.25, -0.2) is 0 Å². The van der Waals surface area contributed by atoms with Crippen molar-refractivity contribution in [2.75, 3.05) is 18.8 Å². The van der Waals surface area contributed by atoms with Crippen LogP contribution >= 0.6 is 23.5 Å². The number of nitrogens with zero attached hydrogens (tertiary/aromatic N) is 1. The van der Waals surface area contributed by atoms with E-state index >= 15 is 0 Å². The third-order valence-electron chi connectivity index (χ3n) is 7.30. The summed E-state index contributed by atoms with van der Waals surface area (Å²) in [4.78, 5) is 16.6. The number of thioether (sulfide) groups is 2. The van der Waals surface area contributed by atoms with Crippen LogP contribution in [0.4, 0.5) is 0 Å². The highest BCUT2D eigenvalue weighted by Gasteiger charge is 2.29. The fourth-order valence-corrected chi connectivity index (χ4v) is 7.80. The largest absolute Gasteiger partial charge is 0.340 e. The second kappa shape index (κ2) is 12.1. The number of hydrogen-bond donors (Lipinski definition) is 1. The molecule has 0 spiro atoms. The molecule has 34 heavy (non-hydrogen) atoms. The van der Waals surface area contributed by atoms with Crippen molar-refractivity contribution < 1.29 is 4.79 Å². The number of piperidine rings is 1. The molecule has 2 fully saturated rings. The molecule has 3 nitrogen and oxygen atoms in total. The molecule has 1 aliphatic heterocycles.